The zero-order chi connectivity index (χ0) is 13.5. The van der Waals surface area contributed by atoms with E-state index >= 15 is 0 Å². The number of carbonyl (C=O) groups is 1. The molecule has 1 N–H and O–H groups in total. The van der Waals surface area contributed by atoms with Crippen LogP contribution in [0.3, 0.4) is 0 Å². The van der Waals surface area contributed by atoms with Crippen LogP contribution in [0.4, 0.5) is 0 Å². The summed E-state index contributed by atoms with van der Waals surface area (Å²) in [5.74, 6) is -0.240. The van der Waals surface area contributed by atoms with Gasteiger partial charge in [0, 0.05) is 6.61 Å². The smallest absolute Gasteiger partial charge is 0.183 e. The highest BCUT2D eigenvalue weighted by Gasteiger charge is 1.98. The summed E-state index contributed by atoms with van der Waals surface area (Å²) in [7, 11) is 0. The van der Waals surface area contributed by atoms with Crippen molar-refractivity contribution in [2.45, 2.75) is 58.3 Å². The Morgan fingerprint density at radius 3 is 2.28 bits per heavy atom. The number of rotatable bonds is 13. The molecule has 0 aliphatic heterocycles. The summed E-state index contributed by atoms with van der Waals surface area (Å²) in [6.45, 7) is 2.35. The van der Waals surface area contributed by atoms with Crippen LogP contribution in [0.25, 0.3) is 0 Å². The van der Waals surface area contributed by atoms with Gasteiger partial charge in [-0.25, -0.2) is 0 Å². The Morgan fingerprint density at radius 2 is 1.67 bits per heavy atom. The maximum atomic E-state index is 10.7. The number of aliphatic hydroxyl groups excluding tert-OH is 1. The summed E-state index contributed by atoms with van der Waals surface area (Å²) in [4.78, 5) is 10.7. The Labute approximate surface area is 111 Å². The van der Waals surface area contributed by atoms with Crippen molar-refractivity contribution in [3.05, 3.63) is 12.2 Å². The molecule has 0 heterocycles. The third kappa shape index (κ3) is 13.4. The van der Waals surface area contributed by atoms with Crippen molar-refractivity contribution < 1.29 is 14.6 Å². The quantitative estimate of drug-likeness (QED) is 0.406. The van der Waals surface area contributed by atoms with Gasteiger partial charge in [0.25, 0.3) is 0 Å². The van der Waals surface area contributed by atoms with E-state index < -0.39 is 6.61 Å². The molecule has 0 aromatic carbocycles. The Bertz CT molecular complexity index is 212. The summed E-state index contributed by atoms with van der Waals surface area (Å²) in [6.07, 6.45) is 14.2. The minimum absolute atomic E-state index is 0.0570. The van der Waals surface area contributed by atoms with E-state index in [4.69, 9.17) is 9.84 Å². The van der Waals surface area contributed by atoms with Crippen molar-refractivity contribution >= 4 is 5.78 Å². The second-order valence-corrected chi connectivity index (χ2v) is 4.58. The lowest BCUT2D eigenvalue weighted by Crippen LogP contribution is -2.12. The van der Waals surface area contributed by atoms with Crippen LogP contribution in [0.2, 0.25) is 0 Å². The topological polar surface area (TPSA) is 46.5 Å². The molecule has 3 nitrogen and oxygen atoms in total. The molecule has 0 fully saturated rings. The van der Waals surface area contributed by atoms with Crippen LogP contribution in [0.1, 0.15) is 58.3 Å². The molecule has 0 radical (unpaired) electrons. The van der Waals surface area contributed by atoms with E-state index in [0.29, 0.717) is 6.61 Å². The molecule has 0 rings (SSSR count). The molecule has 0 unspecified atom stereocenters. The molecule has 0 bridgehead atoms. The Kier molecular flexibility index (Phi) is 13.9. The lowest BCUT2D eigenvalue weighted by atomic mass is 10.1. The van der Waals surface area contributed by atoms with Crippen LogP contribution in [0.5, 0.6) is 0 Å². The monoisotopic (exact) mass is 256 g/mol. The first-order chi connectivity index (χ1) is 8.81. The number of Topliss-reactive ketones (excluding diaryl/α,β-unsaturated/α-hetero) is 1. The predicted octanol–water partition coefficient (Wildman–Crippen LogP) is 3.26. The SMILES string of the molecule is CC=CCCCCCCCCCOCC(=O)CO. The molecule has 106 valence electrons. The van der Waals surface area contributed by atoms with E-state index in [2.05, 4.69) is 19.1 Å². The third-order valence-electron chi connectivity index (χ3n) is 2.83. The van der Waals surface area contributed by atoms with Crippen LogP contribution in [-0.4, -0.2) is 30.7 Å². The van der Waals surface area contributed by atoms with E-state index in [0.717, 1.165) is 6.42 Å². The largest absolute Gasteiger partial charge is 0.388 e. The predicted molar refractivity (Wildman–Crippen MR) is 74.7 cm³/mol. The highest BCUT2D eigenvalue weighted by atomic mass is 16.5. The van der Waals surface area contributed by atoms with E-state index in [-0.39, 0.29) is 12.4 Å². The van der Waals surface area contributed by atoms with E-state index in [9.17, 15) is 4.79 Å². The molecule has 0 saturated heterocycles. The summed E-state index contributed by atoms with van der Waals surface area (Å²) < 4.78 is 5.14. The molecular formula is C15H28O3. The summed E-state index contributed by atoms with van der Waals surface area (Å²) >= 11 is 0. The van der Waals surface area contributed by atoms with Gasteiger partial charge in [0.1, 0.15) is 13.2 Å². The van der Waals surface area contributed by atoms with E-state index in [1.54, 1.807) is 0 Å². The number of ketones is 1. The van der Waals surface area contributed by atoms with Gasteiger partial charge >= 0.3 is 0 Å². The van der Waals surface area contributed by atoms with Gasteiger partial charge < -0.3 is 9.84 Å². The van der Waals surface area contributed by atoms with Crippen molar-refractivity contribution in [3.63, 3.8) is 0 Å². The maximum Gasteiger partial charge on any atom is 0.183 e. The number of hydrogen-bond donors (Lipinski definition) is 1. The molecule has 0 aromatic heterocycles. The zero-order valence-corrected chi connectivity index (χ0v) is 11.7. The first-order valence-corrected chi connectivity index (χ1v) is 7.12. The Balaban J connectivity index is 3.01. The fraction of sp³-hybridized carbons (Fsp3) is 0.800. The number of allylic oxidation sites excluding steroid dienone is 2. The van der Waals surface area contributed by atoms with E-state index in [1.807, 2.05) is 0 Å². The van der Waals surface area contributed by atoms with Crippen molar-refractivity contribution in [1.29, 1.82) is 0 Å². The number of ether oxygens (including phenoxy) is 1. The molecular weight excluding hydrogens is 228 g/mol. The summed E-state index contributed by atoms with van der Waals surface area (Å²) in [5.41, 5.74) is 0. The fourth-order valence-electron chi connectivity index (χ4n) is 1.75. The maximum absolute atomic E-state index is 10.7. The van der Waals surface area contributed by atoms with Crippen LogP contribution in [-0.2, 0) is 9.53 Å². The molecule has 0 spiro atoms. The molecule has 18 heavy (non-hydrogen) atoms. The van der Waals surface area contributed by atoms with Gasteiger partial charge in [-0.05, 0) is 26.2 Å². The number of carbonyl (C=O) groups excluding carboxylic acids is 1. The van der Waals surface area contributed by atoms with Crippen LogP contribution < -0.4 is 0 Å². The normalized spacial score (nSPS) is 11.2. The van der Waals surface area contributed by atoms with Gasteiger partial charge in [-0.3, -0.25) is 4.79 Å². The average Bonchev–Trinajstić information content (AvgIpc) is 2.39. The molecule has 0 saturated carbocycles. The van der Waals surface area contributed by atoms with Crippen LogP contribution >= 0.6 is 0 Å². The molecule has 0 atom stereocenters. The summed E-state index contributed by atoms with van der Waals surface area (Å²) in [6, 6.07) is 0. The first kappa shape index (κ1) is 17.3. The van der Waals surface area contributed by atoms with Crippen LogP contribution in [0.15, 0.2) is 12.2 Å². The lowest BCUT2D eigenvalue weighted by molar-refractivity contribution is -0.126. The van der Waals surface area contributed by atoms with E-state index in [1.165, 1.54) is 44.9 Å². The first-order valence-electron chi connectivity index (χ1n) is 7.12. The number of unbranched alkanes of at least 4 members (excludes halogenated alkanes) is 7. The Hall–Kier alpha value is -0.670. The molecule has 0 aliphatic rings. The molecule has 3 heteroatoms. The average molecular weight is 256 g/mol. The molecule has 0 aliphatic carbocycles. The summed E-state index contributed by atoms with van der Waals surface area (Å²) in [5, 5.41) is 8.48. The lowest BCUT2D eigenvalue weighted by Gasteiger charge is -2.03. The Morgan fingerprint density at radius 1 is 1.06 bits per heavy atom. The van der Waals surface area contributed by atoms with Gasteiger partial charge in [-0.2, -0.15) is 0 Å². The van der Waals surface area contributed by atoms with Crippen molar-refractivity contribution in [3.8, 4) is 0 Å². The fourth-order valence-corrected chi connectivity index (χ4v) is 1.75. The molecule has 0 aromatic rings. The van der Waals surface area contributed by atoms with Gasteiger partial charge in [0.15, 0.2) is 5.78 Å². The van der Waals surface area contributed by atoms with Gasteiger partial charge in [0.05, 0.1) is 0 Å². The van der Waals surface area contributed by atoms with Crippen molar-refractivity contribution in [2.75, 3.05) is 19.8 Å². The second-order valence-electron chi connectivity index (χ2n) is 4.58. The zero-order valence-electron chi connectivity index (χ0n) is 11.7. The van der Waals surface area contributed by atoms with Gasteiger partial charge in [-0.1, -0.05) is 44.3 Å². The van der Waals surface area contributed by atoms with Gasteiger partial charge in [-0.15, -0.1) is 0 Å². The highest BCUT2D eigenvalue weighted by molar-refractivity contribution is 5.80. The van der Waals surface area contributed by atoms with Crippen molar-refractivity contribution in [2.24, 2.45) is 0 Å². The minimum atomic E-state index is -0.410. The van der Waals surface area contributed by atoms with Gasteiger partial charge in [0.2, 0.25) is 0 Å². The standard InChI is InChI=1S/C15H28O3/c1-2-3-4-5-6-7-8-9-10-11-12-18-14-15(17)13-16/h2-3,16H,4-14H2,1H3. The number of aliphatic hydroxyl groups is 1. The number of hydrogen-bond acceptors (Lipinski definition) is 3. The van der Waals surface area contributed by atoms with Crippen LogP contribution in [0, 0.1) is 0 Å². The molecule has 0 amide bonds. The third-order valence-corrected chi connectivity index (χ3v) is 2.83. The second kappa shape index (κ2) is 14.4. The highest BCUT2D eigenvalue weighted by Crippen LogP contribution is 2.08. The van der Waals surface area contributed by atoms with Crippen molar-refractivity contribution in [1.82, 2.24) is 0 Å². The minimum Gasteiger partial charge on any atom is -0.388 e.